The molecule has 0 radical (unpaired) electrons. The summed E-state index contributed by atoms with van der Waals surface area (Å²) in [5.74, 6) is 0. The van der Waals surface area contributed by atoms with Crippen molar-refractivity contribution in [3.63, 3.8) is 0 Å². The summed E-state index contributed by atoms with van der Waals surface area (Å²) in [5.41, 5.74) is 3.99. The van der Waals surface area contributed by atoms with Gasteiger partial charge in [0.05, 0.1) is 6.61 Å². The molecule has 146 valence electrons. The second kappa shape index (κ2) is 7.54. The van der Waals surface area contributed by atoms with Gasteiger partial charge >= 0.3 is 5.69 Å². The largest absolute Gasteiger partial charge is 0.387 e. The summed E-state index contributed by atoms with van der Waals surface area (Å²) in [4.78, 5) is 24.9. The van der Waals surface area contributed by atoms with Crippen molar-refractivity contribution >= 4 is 0 Å². The van der Waals surface area contributed by atoms with Gasteiger partial charge in [-0.25, -0.2) is 4.79 Å². The maximum Gasteiger partial charge on any atom is 0.330 e. The molecule has 2 fully saturated rings. The molecule has 0 amide bonds. The molecule has 2 aliphatic rings. The lowest BCUT2D eigenvalue weighted by molar-refractivity contribution is -0.187. The number of rotatable bonds is 5. The van der Waals surface area contributed by atoms with Crippen LogP contribution in [0, 0.1) is 0 Å². The molecule has 12 nitrogen and oxygen atoms in total. The molecule has 0 aliphatic carbocycles. The first kappa shape index (κ1) is 19.1. The number of nitrogens with zero attached hydrogens (tertiary/aromatic N) is 1. The Kier molecular flexibility index (Phi) is 5.55. The van der Waals surface area contributed by atoms with E-state index in [0.717, 1.165) is 16.8 Å². The average Bonchev–Trinajstić information content (AvgIpc) is 3.04. The SMILES string of the molecule is NC[C@H]1O[C@@H](OC[C@H]2O[C@@H](n3ccc(=O)[nH]c3=O)[C@H](O)[C@@H]2O)[C@H](O)[C@@H]1O. The van der Waals surface area contributed by atoms with Gasteiger partial charge in [-0.05, 0) is 0 Å². The van der Waals surface area contributed by atoms with E-state index in [1.54, 1.807) is 0 Å². The van der Waals surface area contributed by atoms with Crippen molar-refractivity contribution in [2.24, 2.45) is 5.73 Å². The standard InChI is InChI=1S/C14H21N3O9/c15-3-5-8(19)11(22)13(26-5)24-4-6-9(20)10(21)12(25-6)17-2-1-7(18)16-14(17)23/h1-2,5-6,8-13,19-22H,3-4,15H2,(H,16,18,23)/t5-,6-,8-,9-,10-,11-,12-,13-/m1/s1. The van der Waals surface area contributed by atoms with Crippen molar-refractivity contribution in [3.05, 3.63) is 33.1 Å². The number of aromatic amines is 1. The number of aromatic nitrogens is 2. The van der Waals surface area contributed by atoms with E-state index in [4.69, 9.17) is 19.9 Å². The van der Waals surface area contributed by atoms with Crippen LogP contribution in [-0.4, -0.2) is 86.0 Å². The molecule has 8 atom stereocenters. The van der Waals surface area contributed by atoms with Gasteiger partial charge in [0.2, 0.25) is 0 Å². The number of nitrogens with two attached hydrogens (primary N) is 1. The molecule has 3 heterocycles. The monoisotopic (exact) mass is 375 g/mol. The second-order valence-corrected chi connectivity index (χ2v) is 6.16. The van der Waals surface area contributed by atoms with Crippen LogP contribution < -0.4 is 17.0 Å². The zero-order valence-electron chi connectivity index (χ0n) is 13.5. The maximum atomic E-state index is 11.8. The molecular formula is C14H21N3O9. The summed E-state index contributed by atoms with van der Waals surface area (Å²) in [7, 11) is 0. The molecule has 1 aromatic rings. The van der Waals surface area contributed by atoms with Crippen LogP contribution in [0.4, 0.5) is 0 Å². The summed E-state index contributed by atoms with van der Waals surface area (Å²) in [5, 5.41) is 39.8. The Morgan fingerprint density at radius 1 is 1.08 bits per heavy atom. The van der Waals surface area contributed by atoms with Crippen molar-refractivity contribution in [2.45, 2.75) is 49.1 Å². The maximum absolute atomic E-state index is 11.8. The van der Waals surface area contributed by atoms with Gasteiger partial charge in [-0.1, -0.05) is 0 Å². The van der Waals surface area contributed by atoms with Crippen molar-refractivity contribution in [2.75, 3.05) is 13.2 Å². The van der Waals surface area contributed by atoms with Crippen molar-refractivity contribution < 1.29 is 34.6 Å². The molecule has 0 unspecified atom stereocenters. The molecule has 3 rings (SSSR count). The minimum Gasteiger partial charge on any atom is -0.387 e. The highest BCUT2D eigenvalue weighted by Crippen LogP contribution is 2.29. The Bertz CT molecular complexity index is 737. The smallest absolute Gasteiger partial charge is 0.330 e. The number of nitrogens with one attached hydrogen (secondary N) is 1. The molecule has 26 heavy (non-hydrogen) atoms. The highest BCUT2D eigenvalue weighted by Gasteiger charge is 2.47. The summed E-state index contributed by atoms with van der Waals surface area (Å²) in [6.45, 7) is -0.310. The van der Waals surface area contributed by atoms with Crippen LogP contribution in [0.3, 0.4) is 0 Å². The lowest BCUT2D eigenvalue weighted by Gasteiger charge is -2.20. The molecule has 2 aliphatic heterocycles. The van der Waals surface area contributed by atoms with E-state index in [1.807, 2.05) is 4.98 Å². The van der Waals surface area contributed by atoms with Crippen LogP contribution in [0.15, 0.2) is 21.9 Å². The predicted molar refractivity (Wildman–Crippen MR) is 82.9 cm³/mol. The molecule has 7 N–H and O–H groups in total. The third-order valence-corrected chi connectivity index (χ3v) is 4.44. The first-order chi connectivity index (χ1) is 12.3. The lowest BCUT2D eigenvalue weighted by Crippen LogP contribution is -2.39. The van der Waals surface area contributed by atoms with E-state index >= 15 is 0 Å². The molecule has 0 saturated carbocycles. The molecule has 0 bridgehead atoms. The minimum absolute atomic E-state index is 0.0173. The molecule has 1 aromatic heterocycles. The normalized spacial score (nSPS) is 40.2. The van der Waals surface area contributed by atoms with Gasteiger partial charge in [-0.15, -0.1) is 0 Å². The third-order valence-electron chi connectivity index (χ3n) is 4.44. The Labute approximate surface area is 146 Å². The van der Waals surface area contributed by atoms with Crippen molar-refractivity contribution in [3.8, 4) is 0 Å². The molecular weight excluding hydrogens is 354 g/mol. The van der Waals surface area contributed by atoms with E-state index in [0.29, 0.717) is 0 Å². The van der Waals surface area contributed by atoms with E-state index in [2.05, 4.69) is 0 Å². The molecule has 2 saturated heterocycles. The first-order valence-corrected chi connectivity index (χ1v) is 7.99. The topological polar surface area (TPSA) is 189 Å². The highest BCUT2D eigenvalue weighted by atomic mass is 16.7. The van der Waals surface area contributed by atoms with Gasteiger partial charge in [-0.2, -0.15) is 0 Å². The number of hydrogen-bond acceptors (Lipinski definition) is 10. The molecule has 12 heteroatoms. The van der Waals surface area contributed by atoms with E-state index in [1.165, 1.54) is 0 Å². The van der Waals surface area contributed by atoms with Crippen LogP contribution >= 0.6 is 0 Å². The van der Waals surface area contributed by atoms with E-state index < -0.39 is 60.4 Å². The molecule has 0 aromatic carbocycles. The fourth-order valence-electron chi connectivity index (χ4n) is 2.96. The fraction of sp³-hybridized carbons (Fsp3) is 0.714. The Morgan fingerprint density at radius 3 is 2.38 bits per heavy atom. The number of hydrogen-bond donors (Lipinski definition) is 6. The second-order valence-electron chi connectivity index (χ2n) is 6.16. The third kappa shape index (κ3) is 3.45. The van der Waals surface area contributed by atoms with Crippen LogP contribution in [0.5, 0.6) is 0 Å². The number of H-pyrrole nitrogens is 1. The zero-order valence-corrected chi connectivity index (χ0v) is 13.5. The van der Waals surface area contributed by atoms with Crippen LogP contribution in [0.2, 0.25) is 0 Å². The van der Waals surface area contributed by atoms with Crippen LogP contribution in [0.1, 0.15) is 6.23 Å². The molecule has 0 spiro atoms. The number of aliphatic hydroxyl groups excluding tert-OH is 4. The van der Waals surface area contributed by atoms with Gasteiger partial charge in [0.1, 0.15) is 36.6 Å². The van der Waals surface area contributed by atoms with E-state index in [-0.39, 0.29) is 13.2 Å². The number of ether oxygens (including phenoxy) is 3. The van der Waals surface area contributed by atoms with Crippen LogP contribution in [0.25, 0.3) is 0 Å². The quantitative estimate of drug-likeness (QED) is 0.293. The van der Waals surface area contributed by atoms with Crippen LogP contribution in [-0.2, 0) is 14.2 Å². The summed E-state index contributed by atoms with van der Waals surface area (Å²) in [6.07, 6.45) is -8.50. The average molecular weight is 375 g/mol. The summed E-state index contributed by atoms with van der Waals surface area (Å²) >= 11 is 0. The zero-order chi connectivity index (χ0) is 19.0. The Morgan fingerprint density at radius 2 is 1.77 bits per heavy atom. The van der Waals surface area contributed by atoms with Gasteiger partial charge in [0.25, 0.3) is 5.56 Å². The summed E-state index contributed by atoms with van der Waals surface area (Å²) < 4.78 is 17.0. The number of aliphatic hydroxyl groups is 4. The van der Waals surface area contributed by atoms with E-state index in [9.17, 15) is 30.0 Å². The van der Waals surface area contributed by atoms with Crippen molar-refractivity contribution in [1.29, 1.82) is 0 Å². The highest BCUT2D eigenvalue weighted by molar-refractivity contribution is 4.94. The van der Waals surface area contributed by atoms with Gasteiger partial charge < -0.3 is 40.4 Å². The predicted octanol–water partition coefficient (Wildman–Crippen LogP) is -4.42. The van der Waals surface area contributed by atoms with Crippen molar-refractivity contribution in [1.82, 2.24) is 9.55 Å². The Balaban J connectivity index is 1.65. The fourth-order valence-corrected chi connectivity index (χ4v) is 2.96. The van der Waals surface area contributed by atoms with Gasteiger partial charge in [0.15, 0.2) is 12.5 Å². The lowest BCUT2D eigenvalue weighted by atomic mass is 10.1. The van der Waals surface area contributed by atoms with Gasteiger partial charge in [-0.3, -0.25) is 14.3 Å². The van der Waals surface area contributed by atoms with Gasteiger partial charge in [0, 0.05) is 18.8 Å². The minimum atomic E-state index is -1.45. The first-order valence-electron chi connectivity index (χ1n) is 7.99. The summed E-state index contributed by atoms with van der Waals surface area (Å²) in [6, 6.07) is 1.07. The Hall–Kier alpha value is -1.64.